The highest BCUT2D eigenvalue weighted by molar-refractivity contribution is 7.89. The summed E-state index contributed by atoms with van der Waals surface area (Å²) in [5.74, 6) is 0.597. The summed E-state index contributed by atoms with van der Waals surface area (Å²) < 4.78 is 65.3. The Hall–Kier alpha value is -2.66. The highest BCUT2D eigenvalue weighted by Crippen LogP contribution is 2.30. The Balaban J connectivity index is 1.43. The van der Waals surface area contributed by atoms with Crippen LogP contribution in [-0.2, 0) is 16.2 Å². The molecule has 11 heteroatoms. The summed E-state index contributed by atoms with van der Waals surface area (Å²) >= 11 is 0. The van der Waals surface area contributed by atoms with E-state index in [-0.39, 0.29) is 30.4 Å². The number of halogens is 3. The van der Waals surface area contributed by atoms with Gasteiger partial charge < -0.3 is 9.80 Å². The molecule has 3 heterocycles. The van der Waals surface area contributed by atoms with E-state index >= 15 is 0 Å². The van der Waals surface area contributed by atoms with Gasteiger partial charge in [-0.1, -0.05) is 0 Å². The van der Waals surface area contributed by atoms with Gasteiger partial charge in [0.05, 0.1) is 16.0 Å². The summed E-state index contributed by atoms with van der Waals surface area (Å²) in [6.45, 7) is 3.93. The molecular formula is C21H23F3N4O3S. The summed E-state index contributed by atoms with van der Waals surface area (Å²) in [7, 11) is -3.97. The quantitative estimate of drug-likeness (QED) is 0.690. The van der Waals surface area contributed by atoms with Gasteiger partial charge in [-0.2, -0.15) is 17.5 Å². The topological polar surface area (TPSA) is 73.8 Å². The third-order valence-electron chi connectivity index (χ3n) is 5.85. The second-order valence-corrected chi connectivity index (χ2v) is 9.92. The molecule has 0 N–H and O–H groups in total. The maximum atomic E-state index is 12.9. The van der Waals surface area contributed by atoms with Gasteiger partial charge in [0.25, 0.3) is 5.91 Å². The molecule has 172 valence electrons. The van der Waals surface area contributed by atoms with E-state index in [2.05, 4.69) is 9.88 Å². The number of hydrogen-bond donors (Lipinski definition) is 0. The van der Waals surface area contributed by atoms with Gasteiger partial charge in [-0.05, 0) is 49.7 Å². The summed E-state index contributed by atoms with van der Waals surface area (Å²) in [4.78, 5) is 20.8. The minimum absolute atomic E-state index is 0.0500. The molecule has 2 aliphatic rings. The van der Waals surface area contributed by atoms with Crippen LogP contribution >= 0.6 is 0 Å². The largest absolute Gasteiger partial charge is 0.416 e. The summed E-state index contributed by atoms with van der Waals surface area (Å²) in [5.41, 5.74) is -0.478. The Labute approximate surface area is 184 Å². The average Bonchev–Trinajstić information content (AvgIpc) is 2.72. The van der Waals surface area contributed by atoms with E-state index in [1.165, 1.54) is 10.5 Å². The second kappa shape index (κ2) is 8.36. The number of carbonyl (C=O) groups excluding carboxylic acids is 1. The number of hydrogen-bond acceptors (Lipinski definition) is 5. The first-order chi connectivity index (χ1) is 15.1. The summed E-state index contributed by atoms with van der Waals surface area (Å²) in [6.07, 6.45) is -1.88. The van der Waals surface area contributed by atoms with Crippen LogP contribution in [0.4, 0.5) is 19.0 Å². The number of alkyl halides is 3. The minimum Gasteiger partial charge on any atom is -0.356 e. The van der Waals surface area contributed by atoms with Crippen LogP contribution in [0.1, 0.15) is 29.3 Å². The Bertz CT molecular complexity index is 1080. The highest BCUT2D eigenvalue weighted by Gasteiger charge is 2.36. The zero-order valence-corrected chi connectivity index (χ0v) is 18.2. The molecule has 0 radical (unpaired) electrons. The molecule has 1 aromatic carbocycles. The number of nitrogens with zero attached hydrogens (tertiary/aromatic N) is 4. The fourth-order valence-corrected chi connectivity index (χ4v) is 5.33. The zero-order chi connectivity index (χ0) is 23.1. The molecule has 32 heavy (non-hydrogen) atoms. The third kappa shape index (κ3) is 4.31. The van der Waals surface area contributed by atoms with Crippen LogP contribution in [0.15, 0.2) is 47.5 Å². The first-order valence-corrected chi connectivity index (χ1v) is 11.7. The van der Waals surface area contributed by atoms with E-state index in [4.69, 9.17) is 0 Å². The number of pyridine rings is 1. The standard InChI is InChI=1S/C21H23F3N4O3S/c1-15-14-27(32(30,31)18-6-4-17(5-7-18)21(22,23)24)11-12-28(15)20(29)16-3-8-19(25-13-16)26-9-2-10-26/h3-8,13,15H,2,9-12,14H2,1H3/t15-/m0/s1. The van der Waals surface area contributed by atoms with Gasteiger partial charge in [0.1, 0.15) is 5.82 Å². The lowest BCUT2D eigenvalue weighted by Crippen LogP contribution is -2.55. The molecule has 2 aliphatic heterocycles. The first-order valence-electron chi connectivity index (χ1n) is 10.3. The lowest BCUT2D eigenvalue weighted by molar-refractivity contribution is -0.137. The van der Waals surface area contributed by atoms with Crippen molar-refractivity contribution in [3.63, 3.8) is 0 Å². The number of anilines is 1. The fourth-order valence-electron chi connectivity index (χ4n) is 3.82. The zero-order valence-electron chi connectivity index (χ0n) is 17.4. The van der Waals surface area contributed by atoms with Crippen molar-refractivity contribution >= 4 is 21.7 Å². The monoisotopic (exact) mass is 468 g/mol. The number of piperazine rings is 1. The Morgan fingerprint density at radius 2 is 1.72 bits per heavy atom. The number of benzene rings is 1. The maximum Gasteiger partial charge on any atom is 0.416 e. The van der Waals surface area contributed by atoms with E-state index < -0.39 is 27.8 Å². The van der Waals surface area contributed by atoms with E-state index in [0.717, 1.165) is 49.6 Å². The van der Waals surface area contributed by atoms with Gasteiger partial charge >= 0.3 is 6.18 Å². The summed E-state index contributed by atoms with van der Waals surface area (Å²) in [6, 6.07) is 6.57. The number of aromatic nitrogens is 1. The predicted octanol–water partition coefficient (Wildman–Crippen LogP) is 2.85. The molecule has 7 nitrogen and oxygen atoms in total. The van der Waals surface area contributed by atoms with Gasteiger partial charge in [-0.25, -0.2) is 13.4 Å². The van der Waals surface area contributed by atoms with Gasteiger partial charge in [0, 0.05) is 45.0 Å². The van der Waals surface area contributed by atoms with Crippen molar-refractivity contribution in [3.8, 4) is 0 Å². The molecule has 0 bridgehead atoms. The van der Waals surface area contributed by atoms with Crippen LogP contribution in [0.25, 0.3) is 0 Å². The van der Waals surface area contributed by atoms with Crippen molar-refractivity contribution in [3.05, 3.63) is 53.7 Å². The van der Waals surface area contributed by atoms with Gasteiger partial charge in [0.2, 0.25) is 10.0 Å². The van der Waals surface area contributed by atoms with Crippen LogP contribution in [0.2, 0.25) is 0 Å². The van der Waals surface area contributed by atoms with Crippen molar-refractivity contribution in [2.45, 2.75) is 30.5 Å². The fraction of sp³-hybridized carbons (Fsp3) is 0.429. The van der Waals surface area contributed by atoms with Gasteiger partial charge in [0.15, 0.2) is 0 Å². The maximum absolute atomic E-state index is 12.9. The highest BCUT2D eigenvalue weighted by atomic mass is 32.2. The van der Waals surface area contributed by atoms with Crippen molar-refractivity contribution in [2.24, 2.45) is 0 Å². The second-order valence-electron chi connectivity index (χ2n) is 7.98. The molecule has 1 aromatic heterocycles. The number of sulfonamides is 1. The normalized spacial score (nSPS) is 20.2. The molecule has 0 unspecified atom stereocenters. The minimum atomic E-state index is -4.54. The van der Waals surface area contributed by atoms with Crippen LogP contribution in [0.5, 0.6) is 0 Å². The van der Waals surface area contributed by atoms with Gasteiger partial charge in [-0.15, -0.1) is 0 Å². The molecule has 2 saturated heterocycles. The smallest absolute Gasteiger partial charge is 0.356 e. The Morgan fingerprint density at radius 1 is 1.03 bits per heavy atom. The molecule has 0 saturated carbocycles. The van der Waals surface area contributed by atoms with Crippen molar-refractivity contribution in [1.82, 2.24) is 14.2 Å². The lowest BCUT2D eigenvalue weighted by atomic mass is 10.1. The van der Waals surface area contributed by atoms with Crippen LogP contribution < -0.4 is 4.90 Å². The van der Waals surface area contributed by atoms with Crippen LogP contribution in [0.3, 0.4) is 0 Å². The van der Waals surface area contributed by atoms with E-state index in [0.29, 0.717) is 5.56 Å². The number of amides is 1. The SMILES string of the molecule is C[C@H]1CN(S(=O)(=O)c2ccc(C(F)(F)F)cc2)CCN1C(=O)c1ccc(N2CCC2)nc1. The predicted molar refractivity (Wildman–Crippen MR) is 112 cm³/mol. The number of rotatable bonds is 4. The van der Waals surface area contributed by atoms with Crippen molar-refractivity contribution in [1.29, 1.82) is 0 Å². The first kappa shape index (κ1) is 22.5. The van der Waals surface area contributed by atoms with Crippen LogP contribution in [-0.4, -0.2) is 67.3 Å². The molecule has 4 rings (SSSR count). The molecule has 0 spiro atoms. The van der Waals surface area contributed by atoms with E-state index in [9.17, 15) is 26.4 Å². The molecule has 2 aromatic rings. The molecule has 0 aliphatic carbocycles. The average molecular weight is 469 g/mol. The van der Waals surface area contributed by atoms with E-state index in [1.807, 2.05) is 6.07 Å². The van der Waals surface area contributed by atoms with E-state index in [1.54, 1.807) is 17.9 Å². The number of carbonyl (C=O) groups is 1. The lowest BCUT2D eigenvalue weighted by Gasteiger charge is -2.39. The molecule has 1 atom stereocenters. The third-order valence-corrected chi connectivity index (χ3v) is 7.72. The Kier molecular flexibility index (Phi) is 5.89. The molecular weight excluding hydrogens is 445 g/mol. The molecule has 1 amide bonds. The van der Waals surface area contributed by atoms with Crippen molar-refractivity contribution in [2.75, 3.05) is 37.6 Å². The van der Waals surface area contributed by atoms with Crippen LogP contribution in [0, 0.1) is 0 Å². The Morgan fingerprint density at radius 3 is 2.22 bits per heavy atom. The van der Waals surface area contributed by atoms with Gasteiger partial charge in [-0.3, -0.25) is 4.79 Å². The molecule has 2 fully saturated rings. The van der Waals surface area contributed by atoms with Crippen molar-refractivity contribution < 1.29 is 26.4 Å². The summed E-state index contributed by atoms with van der Waals surface area (Å²) in [5, 5.41) is 0.